The fourth-order valence-corrected chi connectivity index (χ4v) is 2.33. The molecule has 0 aromatic heterocycles. The van der Waals surface area contributed by atoms with Gasteiger partial charge in [-0.15, -0.1) is 0 Å². The Morgan fingerprint density at radius 3 is 1.92 bits per heavy atom. The third-order valence-corrected chi connectivity index (χ3v) is 3.05. The lowest BCUT2D eigenvalue weighted by Crippen LogP contribution is -2.05. The van der Waals surface area contributed by atoms with Gasteiger partial charge in [0.25, 0.3) is 0 Å². The molecule has 0 N–H and O–H groups in total. The minimum Gasteiger partial charge on any atom is -0.300 e. The van der Waals surface area contributed by atoms with Gasteiger partial charge in [-0.3, -0.25) is 0 Å². The third kappa shape index (κ3) is 5.07. The van der Waals surface area contributed by atoms with Crippen molar-refractivity contribution in [1.29, 1.82) is 0 Å². The second-order valence-electron chi connectivity index (χ2n) is 4.47. The largest absolute Gasteiger partial charge is 0.300 e. The van der Waals surface area contributed by atoms with E-state index in [0.29, 0.717) is 11.7 Å². The van der Waals surface area contributed by atoms with Crippen LogP contribution in [-0.4, -0.2) is 5.78 Å². The average Bonchev–Trinajstić information content (AvgIpc) is 2.17. The van der Waals surface area contributed by atoms with Gasteiger partial charge in [0.1, 0.15) is 5.78 Å². The summed E-state index contributed by atoms with van der Waals surface area (Å²) in [6.45, 7) is 1.73. The van der Waals surface area contributed by atoms with Crippen molar-refractivity contribution in [1.82, 2.24) is 0 Å². The van der Waals surface area contributed by atoms with Crippen LogP contribution in [0.25, 0.3) is 0 Å². The number of carbonyl (C=O) groups is 1. The summed E-state index contributed by atoms with van der Waals surface area (Å²) in [5.41, 5.74) is 0. The van der Waals surface area contributed by atoms with E-state index in [4.69, 9.17) is 0 Å². The number of ketones is 1. The summed E-state index contributed by atoms with van der Waals surface area (Å²) in [6.07, 6.45) is 11.7. The lowest BCUT2D eigenvalue weighted by Gasteiger charge is -2.13. The Kier molecular flexibility index (Phi) is 5.10. The van der Waals surface area contributed by atoms with Crippen molar-refractivity contribution >= 4 is 5.78 Å². The van der Waals surface area contributed by atoms with Crippen LogP contribution in [0.4, 0.5) is 0 Å². The Bertz CT molecular complexity index is 141. The summed E-state index contributed by atoms with van der Waals surface area (Å²) in [5.74, 6) is 1.08. The minimum absolute atomic E-state index is 0.379. The number of hydrogen-bond donors (Lipinski definition) is 0. The van der Waals surface area contributed by atoms with Crippen molar-refractivity contribution in [3.8, 4) is 0 Å². The first-order valence-corrected chi connectivity index (χ1v) is 5.78. The molecule has 1 rings (SSSR count). The molecule has 1 fully saturated rings. The normalized spacial score (nSPS) is 21.6. The van der Waals surface area contributed by atoms with E-state index in [2.05, 4.69) is 0 Å². The monoisotopic (exact) mass is 182 g/mol. The van der Waals surface area contributed by atoms with E-state index in [0.717, 1.165) is 6.42 Å². The van der Waals surface area contributed by atoms with Crippen molar-refractivity contribution < 1.29 is 4.79 Å². The fourth-order valence-electron chi connectivity index (χ4n) is 2.33. The van der Waals surface area contributed by atoms with Gasteiger partial charge in [0.05, 0.1) is 0 Å². The molecule has 0 saturated heterocycles. The number of Topliss-reactive ketones (excluding diaryl/α,β-unsaturated/α-hetero) is 1. The SMILES string of the molecule is CC(=O)CC1CCCCCCCC1. The van der Waals surface area contributed by atoms with Gasteiger partial charge in [0.2, 0.25) is 0 Å². The Hall–Kier alpha value is -0.330. The summed E-state index contributed by atoms with van der Waals surface area (Å²) in [7, 11) is 0. The van der Waals surface area contributed by atoms with E-state index in [1.807, 2.05) is 0 Å². The molecule has 0 aromatic carbocycles. The Morgan fingerprint density at radius 1 is 1.00 bits per heavy atom. The lowest BCUT2D eigenvalue weighted by molar-refractivity contribution is -0.118. The standard InChI is InChI=1S/C12H22O/c1-11(13)10-12-8-6-4-2-3-5-7-9-12/h12H,2-10H2,1H3. The maximum atomic E-state index is 11.0. The highest BCUT2D eigenvalue weighted by Crippen LogP contribution is 2.24. The Labute approximate surface area is 81.9 Å². The quantitative estimate of drug-likeness (QED) is 0.636. The molecular weight excluding hydrogens is 160 g/mol. The molecule has 1 heteroatoms. The molecule has 0 aromatic rings. The Balaban J connectivity index is 2.27. The van der Waals surface area contributed by atoms with Gasteiger partial charge in [0.15, 0.2) is 0 Å². The molecule has 1 aliphatic carbocycles. The molecule has 76 valence electrons. The zero-order valence-corrected chi connectivity index (χ0v) is 8.85. The predicted octanol–water partition coefficient (Wildman–Crippen LogP) is 3.72. The summed E-state index contributed by atoms with van der Waals surface area (Å²) in [4.78, 5) is 11.0. The first kappa shape index (κ1) is 10.7. The summed E-state index contributed by atoms with van der Waals surface area (Å²) >= 11 is 0. The maximum absolute atomic E-state index is 11.0. The Morgan fingerprint density at radius 2 is 1.46 bits per heavy atom. The molecule has 0 radical (unpaired) electrons. The minimum atomic E-state index is 0.379. The molecule has 0 bridgehead atoms. The van der Waals surface area contributed by atoms with Crippen LogP contribution in [0.3, 0.4) is 0 Å². The van der Waals surface area contributed by atoms with E-state index in [9.17, 15) is 4.79 Å². The van der Waals surface area contributed by atoms with E-state index in [-0.39, 0.29) is 0 Å². The van der Waals surface area contributed by atoms with Gasteiger partial charge >= 0.3 is 0 Å². The van der Waals surface area contributed by atoms with E-state index >= 15 is 0 Å². The van der Waals surface area contributed by atoms with E-state index in [1.54, 1.807) is 6.92 Å². The van der Waals surface area contributed by atoms with Gasteiger partial charge in [-0.1, -0.05) is 51.4 Å². The second-order valence-corrected chi connectivity index (χ2v) is 4.47. The fraction of sp³-hybridized carbons (Fsp3) is 0.917. The predicted molar refractivity (Wildman–Crippen MR) is 55.7 cm³/mol. The number of carbonyl (C=O) groups excluding carboxylic acids is 1. The molecule has 0 spiro atoms. The summed E-state index contributed by atoms with van der Waals surface area (Å²) in [6, 6.07) is 0. The first-order chi connectivity index (χ1) is 6.29. The molecule has 1 saturated carbocycles. The van der Waals surface area contributed by atoms with Crippen molar-refractivity contribution in [3.63, 3.8) is 0 Å². The molecule has 0 amide bonds. The molecule has 1 aliphatic rings. The molecule has 0 unspecified atom stereocenters. The van der Waals surface area contributed by atoms with Crippen LogP contribution in [0.15, 0.2) is 0 Å². The number of hydrogen-bond acceptors (Lipinski definition) is 1. The molecular formula is C12H22O. The van der Waals surface area contributed by atoms with Crippen LogP contribution in [0, 0.1) is 5.92 Å². The smallest absolute Gasteiger partial charge is 0.130 e. The molecule has 1 nitrogen and oxygen atoms in total. The highest BCUT2D eigenvalue weighted by atomic mass is 16.1. The lowest BCUT2D eigenvalue weighted by atomic mass is 9.92. The highest BCUT2D eigenvalue weighted by Gasteiger charge is 2.12. The van der Waals surface area contributed by atoms with E-state index in [1.165, 1.54) is 51.4 Å². The average molecular weight is 182 g/mol. The van der Waals surface area contributed by atoms with Crippen LogP contribution in [-0.2, 0) is 4.79 Å². The summed E-state index contributed by atoms with van der Waals surface area (Å²) < 4.78 is 0. The van der Waals surface area contributed by atoms with Gasteiger partial charge in [0, 0.05) is 6.42 Å². The van der Waals surface area contributed by atoms with Gasteiger partial charge < -0.3 is 4.79 Å². The van der Waals surface area contributed by atoms with E-state index < -0.39 is 0 Å². The molecule has 0 atom stereocenters. The van der Waals surface area contributed by atoms with Gasteiger partial charge in [-0.05, 0) is 12.8 Å². The van der Waals surface area contributed by atoms with Crippen molar-refractivity contribution in [2.24, 2.45) is 5.92 Å². The molecule has 13 heavy (non-hydrogen) atoms. The van der Waals surface area contributed by atoms with Crippen LogP contribution >= 0.6 is 0 Å². The summed E-state index contributed by atoms with van der Waals surface area (Å²) in [5, 5.41) is 0. The van der Waals surface area contributed by atoms with Crippen molar-refractivity contribution in [2.45, 2.75) is 64.7 Å². The van der Waals surface area contributed by atoms with Crippen molar-refractivity contribution in [3.05, 3.63) is 0 Å². The van der Waals surface area contributed by atoms with Crippen molar-refractivity contribution in [2.75, 3.05) is 0 Å². The zero-order valence-electron chi connectivity index (χ0n) is 8.85. The van der Waals surface area contributed by atoms with Crippen LogP contribution in [0.5, 0.6) is 0 Å². The first-order valence-electron chi connectivity index (χ1n) is 5.78. The molecule has 0 aliphatic heterocycles. The zero-order chi connectivity index (χ0) is 9.52. The van der Waals surface area contributed by atoms with Gasteiger partial charge in [-0.2, -0.15) is 0 Å². The van der Waals surface area contributed by atoms with Crippen LogP contribution in [0.1, 0.15) is 64.7 Å². The highest BCUT2D eigenvalue weighted by molar-refractivity contribution is 5.75. The van der Waals surface area contributed by atoms with Crippen LogP contribution in [0.2, 0.25) is 0 Å². The molecule has 0 heterocycles. The topological polar surface area (TPSA) is 17.1 Å². The number of rotatable bonds is 2. The van der Waals surface area contributed by atoms with Crippen LogP contribution < -0.4 is 0 Å². The third-order valence-electron chi connectivity index (χ3n) is 3.05. The maximum Gasteiger partial charge on any atom is 0.130 e. The van der Waals surface area contributed by atoms with Gasteiger partial charge in [-0.25, -0.2) is 0 Å². The second kappa shape index (κ2) is 6.17.